The Labute approximate surface area is 143 Å². The van der Waals surface area contributed by atoms with E-state index >= 15 is 0 Å². The number of hydrogen-bond acceptors (Lipinski definition) is 2. The van der Waals surface area contributed by atoms with Crippen LogP contribution in [0.3, 0.4) is 0 Å². The van der Waals surface area contributed by atoms with Crippen LogP contribution in [-0.4, -0.2) is 23.9 Å². The monoisotopic (exact) mass is 376 g/mol. The lowest BCUT2D eigenvalue weighted by Crippen LogP contribution is -2.33. The molecule has 120 valence electrons. The molecule has 2 aromatic carbocycles. The molecule has 3 rings (SSSR count). The van der Waals surface area contributed by atoms with E-state index in [-0.39, 0.29) is 24.2 Å². The van der Waals surface area contributed by atoms with Crippen LogP contribution in [0.2, 0.25) is 0 Å². The minimum Gasteiger partial charge on any atom is -0.322 e. The third kappa shape index (κ3) is 3.98. The van der Waals surface area contributed by atoms with Crippen LogP contribution in [0, 0.1) is 5.82 Å². The SMILES string of the molecule is O=C(CN1CCCC1c1ccccc1)Nc1ccc(Br)cc1F. The molecule has 1 aliphatic heterocycles. The van der Waals surface area contributed by atoms with Gasteiger partial charge in [0.15, 0.2) is 0 Å². The summed E-state index contributed by atoms with van der Waals surface area (Å²) in [7, 11) is 0. The zero-order valence-electron chi connectivity index (χ0n) is 12.6. The quantitative estimate of drug-likeness (QED) is 0.859. The van der Waals surface area contributed by atoms with Gasteiger partial charge in [-0.3, -0.25) is 9.69 Å². The predicted octanol–water partition coefficient (Wildman–Crippen LogP) is 4.36. The maximum Gasteiger partial charge on any atom is 0.238 e. The highest BCUT2D eigenvalue weighted by atomic mass is 79.9. The first-order valence-corrected chi connectivity index (χ1v) is 8.46. The van der Waals surface area contributed by atoms with Crippen molar-refractivity contribution in [2.24, 2.45) is 0 Å². The van der Waals surface area contributed by atoms with E-state index in [1.807, 2.05) is 18.2 Å². The molecular formula is C18H18BrFN2O. The number of carbonyl (C=O) groups excluding carboxylic acids is 1. The van der Waals surface area contributed by atoms with Crippen LogP contribution in [0.4, 0.5) is 10.1 Å². The smallest absolute Gasteiger partial charge is 0.238 e. The van der Waals surface area contributed by atoms with Crippen LogP contribution in [0.5, 0.6) is 0 Å². The molecule has 1 heterocycles. The van der Waals surface area contributed by atoms with Crippen molar-refractivity contribution in [1.29, 1.82) is 0 Å². The predicted molar refractivity (Wildman–Crippen MR) is 92.7 cm³/mol. The van der Waals surface area contributed by atoms with E-state index < -0.39 is 5.82 Å². The fourth-order valence-electron chi connectivity index (χ4n) is 3.03. The Kier molecular flexibility index (Phi) is 5.08. The van der Waals surface area contributed by atoms with Crippen molar-refractivity contribution in [2.75, 3.05) is 18.4 Å². The van der Waals surface area contributed by atoms with E-state index in [4.69, 9.17) is 0 Å². The minimum absolute atomic E-state index is 0.186. The largest absolute Gasteiger partial charge is 0.322 e. The van der Waals surface area contributed by atoms with Crippen LogP contribution in [0.15, 0.2) is 53.0 Å². The molecule has 0 aromatic heterocycles. The summed E-state index contributed by atoms with van der Waals surface area (Å²) in [4.78, 5) is 14.4. The molecule has 1 N–H and O–H groups in total. The Morgan fingerprint density at radius 1 is 1.26 bits per heavy atom. The molecule has 1 saturated heterocycles. The molecule has 5 heteroatoms. The van der Waals surface area contributed by atoms with Crippen molar-refractivity contribution in [1.82, 2.24) is 4.90 Å². The molecule has 0 bridgehead atoms. The summed E-state index contributed by atoms with van der Waals surface area (Å²) in [6, 6.07) is 15.1. The van der Waals surface area contributed by atoms with Gasteiger partial charge in [-0.25, -0.2) is 4.39 Å². The number of rotatable bonds is 4. The van der Waals surface area contributed by atoms with Crippen molar-refractivity contribution in [3.8, 4) is 0 Å². The molecule has 0 spiro atoms. The van der Waals surface area contributed by atoms with E-state index in [1.165, 1.54) is 11.6 Å². The van der Waals surface area contributed by atoms with Gasteiger partial charge in [0.1, 0.15) is 5.82 Å². The second kappa shape index (κ2) is 7.23. The van der Waals surface area contributed by atoms with Gasteiger partial charge in [-0.15, -0.1) is 0 Å². The summed E-state index contributed by atoms with van der Waals surface area (Å²) in [5, 5.41) is 2.66. The summed E-state index contributed by atoms with van der Waals surface area (Å²) >= 11 is 3.21. The Bertz CT molecular complexity index is 693. The fourth-order valence-corrected chi connectivity index (χ4v) is 3.37. The first kappa shape index (κ1) is 16.1. The zero-order chi connectivity index (χ0) is 16.2. The first-order valence-electron chi connectivity index (χ1n) is 7.67. The lowest BCUT2D eigenvalue weighted by Gasteiger charge is -2.24. The van der Waals surface area contributed by atoms with E-state index in [0.29, 0.717) is 4.47 Å². The molecule has 0 saturated carbocycles. The van der Waals surface area contributed by atoms with Gasteiger partial charge in [-0.05, 0) is 43.1 Å². The zero-order valence-corrected chi connectivity index (χ0v) is 14.2. The number of nitrogens with zero attached hydrogens (tertiary/aromatic N) is 1. The molecule has 1 aliphatic rings. The number of halogens is 2. The van der Waals surface area contributed by atoms with Crippen molar-refractivity contribution in [2.45, 2.75) is 18.9 Å². The lowest BCUT2D eigenvalue weighted by atomic mass is 10.0. The molecule has 1 atom stereocenters. The molecule has 23 heavy (non-hydrogen) atoms. The first-order chi connectivity index (χ1) is 11.1. The van der Waals surface area contributed by atoms with Crippen LogP contribution < -0.4 is 5.32 Å². The molecule has 3 nitrogen and oxygen atoms in total. The Morgan fingerprint density at radius 2 is 2.04 bits per heavy atom. The topological polar surface area (TPSA) is 32.3 Å². The van der Waals surface area contributed by atoms with Crippen LogP contribution in [0.1, 0.15) is 24.4 Å². The van der Waals surface area contributed by atoms with Crippen molar-refractivity contribution in [3.63, 3.8) is 0 Å². The summed E-state index contributed by atoms with van der Waals surface area (Å²) < 4.78 is 14.5. The lowest BCUT2D eigenvalue weighted by molar-refractivity contribution is -0.117. The van der Waals surface area contributed by atoms with E-state index in [1.54, 1.807) is 12.1 Å². The fraction of sp³-hybridized carbons (Fsp3) is 0.278. The molecule has 0 radical (unpaired) electrons. The third-order valence-electron chi connectivity index (χ3n) is 4.10. The number of nitrogens with one attached hydrogen (secondary N) is 1. The Balaban J connectivity index is 1.65. The van der Waals surface area contributed by atoms with Gasteiger partial charge in [0.05, 0.1) is 12.2 Å². The number of amides is 1. The van der Waals surface area contributed by atoms with E-state index in [0.717, 1.165) is 19.4 Å². The molecule has 1 amide bonds. The van der Waals surface area contributed by atoms with Gasteiger partial charge in [-0.1, -0.05) is 46.3 Å². The highest BCUT2D eigenvalue weighted by Crippen LogP contribution is 2.31. The number of carbonyl (C=O) groups is 1. The highest BCUT2D eigenvalue weighted by Gasteiger charge is 2.27. The summed E-state index contributed by atoms with van der Waals surface area (Å²) in [6.45, 7) is 1.16. The molecule has 1 unspecified atom stereocenters. The maximum atomic E-state index is 13.8. The van der Waals surface area contributed by atoms with Gasteiger partial charge >= 0.3 is 0 Å². The second-order valence-electron chi connectivity index (χ2n) is 5.71. The number of hydrogen-bond donors (Lipinski definition) is 1. The maximum absolute atomic E-state index is 13.8. The Hall–Kier alpha value is -1.72. The summed E-state index contributed by atoms with van der Waals surface area (Å²) in [6.07, 6.45) is 2.11. The van der Waals surface area contributed by atoms with Crippen LogP contribution in [-0.2, 0) is 4.79 Å². The molecule has 2 aromatic rings. The number of benzene rings is 2. The number of likely N-dealkylation sites (tertiary alicyclic amines) is 1. The van der Waals surface area contributed by atoms with Gasteiger partial charge in [-0.2, -0.15) is 0 Å². The van der Waals surface area contributed by atoms with Crippen molar-refractivity contribution < 1.29 is 9.18 Å². The van der Waals surface area contributed by atoms with Crippen molar-refractivity contribution >= 4 is 27.5 Å². The van der Waals surface area contributed by atoms with Gasteiger partial charge < -0.3 is 5.32 Å². The van der Waals surface area contributed by atoms with Crippen molar-refractivity contribution in [3.05, 3.63) is 64.4 Å². The summed E-state index contributed by atoms with van der Waals surface area (Å²) in [5.41, 5.74) is 1.45. The second-order valence-corrected chi connectivity index (χ2v) is 6.63. The van der Waals surface area contributed by atoms with Gasteiger partial charge in [0.25, 0.3) is 0 Å². The standard InChI is InChI=1S/C18H18BrFN2O/c19-14-8-9-16(15(20)11-14)21-18(23)12-22-10-4-7-17(22)13-5-2-1-3-6-13/h1-3,5-6,8-9,11,17H,4,7,10,12H2,(H,21,23). The third-order valence-corrected chi connectivity index (χ3v) is 4.59. The highest BCUT2D eigenvalue weighted by molar-refractivity contribution is 9.10. The normalized spacial score (nSPS) is 18.1. The van der Waals surface area contributed by atoms with Crippen LogP contribution in [0.25, 0.3) is 0 Å². The van der Waals surface area contributed by atoms with E-state index in [2.05, 4.69) is 38.3 Å². The minimum atomic E-state index is -0.436. The summed E-state index contributed by atoms with van der Waals surface area (Å²) in [5.74, 6) is -0.622. The Morgan fingerprint density at radius 3 is 2.78 bits per heavy atom. The van der Waals surface area contributed by atoms with Gasteiger partial charge in [0.2, 0.25) is 5.91 Å². The number of anilines is 1. The average Bonchev–Trinajstić information content (AvgIpc) is 2.99. The molecule has 0 aliphatic carbocycles. The van der Waals surface area contributed by atoms with Crippen LogP contribution >= 0.6 is 15.9 Å². The van der Waals surface area contributed by atoms with Gasteiger partial charge in [0, 0.05) is 10.5 Å². The average molecular weight is 377 g/mol. The molecular weight excluding hydrogens is 359 g/mol. The van der Waals surface area contributed by atoms with E-state index in [9.17, 15) is 9.18 Å². The molecule has 1 fully saturated rings.